The van der Waals surface area contributed by atoms with E-state index >= 15 is 0 Å². The fourth-order valence-electron chi connectivity index (χ4n) is 1.96. The number of nitrogens with one attached hydrogen (secondary N) is 1. The number of hydrogen-bond donors (Lipinski definition) is 1. The van der Waals surface area contributed by atoms with E-state index in [0.717, 1.165) is 12.5 Å². The largest absolute Gasteiger partial charge is 0.312 e. The van der Waals surface area contributed by atoms with Gasteiger partial charge in [0.25, 0.3) is 0 Å². The third-order valence-corrected chi connectivity index (χ3v) is 3.68. The molecule has 1 unspecified atom stereocenters. The molecule has 0 aromatic rings. The smallest absolute Gasteiger partial charge is 0.0189 e. The summed E-state index contributed by atoms with van der Waals surface area (Å²) in [6.07, 6.45) is 5.40. The summed E-state index contributed by atoms with van der Waals surface area (Å²) in [5.74, 6) is 1.01. The van der Waals surface area contributed by atoms with Crippen molar-refractivity contribution in [1.29, 1.82) is 0 Å². The number of hydrogen-bond acceptors (Lipinski definition) is 2. The van der Waals surface area contributed by atoms with E-state index in [1.54, 1.807) is 0 Å². The first-order valence-electron chi connectivity index (χ1n) is 6.60. The number of rotatable bonds is 8. The lowest BCUT2D eigenvalue weighted by atomic mass is 10.1. The first-order chi connectivity index (χ1) is 7.17. The molecule has 1 atom stereocenters. The van der Waals surface area contributed by atoms with Crippen molar-refractivity contribution >= 4 is 0 Å². The van der Waals surface area contributed by atoms with Crippen LogP contribution in [0.25, 0.3) is 0 Å². The lowest BCUT2D eigenvalue weighted by Crippen LogP contribution is -2.42. The van der Waals surface area contributed by atoms with Crippen LogP contribution in [-0.2, 0) is 0 Å². The molecule has 1 saturated carbocycles. The minimum absolute atomic E-state index is 0.672. The minimum Gasteiger partial charge on any atom is -0.312 e. The molecule has 1 fully saturated rings. The van der Waals surface area contributed by atoms with Crippen molar-refractivity contribution in [2.24, 2.45) is 5.92 Å². The molecule has 0 aromatic heterocycles. The summed E-state index contributed by atoms with van der Waals surface area (Å²) in [5.41, 5.74) is 0. The maximum absolute atomic E-state index is 3.65. The van der Waals surface area contributed by atoms with Gasteiger partial charge in [-0.1, -0.05) is 13.8 Å². The molecule has 1 rings (SSSR count). The monoisotopic (exact) mass is 212 g/mol. The van der Waals surface area contributed by atoms with E-state index in [4.69, 9.17) is 0 Å². The molecule has 1 N–H and O–H groups in total. The summed E-state index contributed by atoms with van der Waals surface area (Å²) >= 11 is 0. The van der Waals surface area contributed by atoms with Crippen molar-refractivity contribution in [3.63, 3.8) is 0 Å². The average Bonchev–Trinajstić information content (AvgIpc) is 3.02. The van der Waals surface area contributed by atoms with Gasteiger partial charge in [-0.05, 0) is 45.6 Å². The quantitative estimate of drug-likeness (QED) is 0.665. The van der Waals surface area contributed by atoms with Gasteiger partial charge in [-0.3, -0.25) is 0 Å². The highest BCUT2D eigenvalue weighted by molar-refractivity contribution is 4.79. The third-order valence-electron chi connectivity index (χ3n) is 3.68. The molecule has 0 radical (unpaired) electrons. The molecule has 2 nitrogen and oxygen atoms in total. The van der Waals surface area contributed by atoms with Crippen LogP contribution < -0.4 is 5.32 Å². The summed E-state index contributed by atoms with van der Waals surface area (Å²) in [6, 6.07) is 1.38. The van der Waals surface area contributed by atoms with E-state index < -0.39 is 0 Å². The van der Waals surface area contributed by atoms with E-state index in [2.05, 4.69) is 38.0 Å². The SMILES string of the molecule is CCC(CC)NCC(C)N(C)CC1CC1. The molecule has 90 valence electrons. The minimum atomic E-state index is 0.672. The Morgan fingerprint density at radius 3 is 2.33 bits per heavy atom. The van der Waals surface area contributed by atoms with Crippen LogP contribution in [0.15, 0.2) is 0 Å². The van der Waals surface area contributed by atoms with Crippen molar-refractivity contribution in [3.05, 3.63) is 0 Å². The Balaban J connectivity index is 2.12. The van der Waals surface area contributed by atoms with Gasteiger partial charge in [0.15, 0.2) is 0 Å². The molecule has 0 aliphatic heterocycles. The van der Waals surface area contributed by atoms with Crippen molar-refractivity contribution < 1.29 is 0 Å². The Hall–Kier alpha value is -0.0800. The molecule has 0 spiro atoms. The van der Waals surface area contributed by atoms with Gasteiger partial charge in [0.05, 0.1) is 0 Å². The van der Waals surface area contributed by atoms with Gasteiger partial charge in [0.2, 0.25) is 0 Å². The molecule has 0 saturated heterocycles. The zero-order valence-electron chi connectivity index (χ0n) is 10.9. The highest BCUT2D eigenvalue weighted by atomic mass is 15.1. The maximum Gasteiger partial charge on any atom is 0.0189 e. The maximum atomic E-state index is 3.65. The predicted octanol–water partition coefficient (Wildman–Crippen LogP) is 2.49. The average molecular weight is 212 g/mol. The molecule has 0 amide bonds. The van der Waals surface area contributed by atoms with Crippen molar-refractivity contribution in [2.45, 2.75) is 58.5 Å². The highest BCUT2D eigenvalue weighted by Crippen LogP contribution is 2.29. The van der Waals surface area contributed by atoms with Gasteiger partial charge in [-0.2, -0.15) is 0 Å². The van der Waals surface area contributed by atoms with Crippen LogP contribution >= 0.6 is 0 Å². The van der Waals surface area contributed by atoms with E-state index in [9.17, 15) is 0 Å². The molecule has 0 bridgehead atoms. The molecule has 0 heterocycles. The van der Waals surface area contributed by atoms with Crippen LogP contribution in [0, 0.1) is 5.92 Å². The molecule has 0 aromatic carbocycles. The lowest BCUT2D eigenvalue weighted by molar-refractivity contribution is 0.234. The Morgan fingerprint density at radius 1 is 1.27 bits per heavy atom. The van der Waals surface area contributed by atoms with E-state index in [1.165, 1.54) is 32.2 Å². The summed E-state index contributed by atoms with van der Waals surface area (Å²) in [4.78, 5) is 2.51. The van der Waals surface area contributed by atoms with Crippen LogP contribution in [0.4, 0.5) is 0 Å². The topological polar surface area (TPSA) is 15.3 Å². The number of likely N-dealkylation sites (N-methyl/N-ethyl adjacent to an activating group) is 1. The summed E-state index contributed by atoms with van der Waals surface area (Å²) in [7, 11) is 2.26. The van der Waals surface area contributed by atoms with Crippen molar-refractivity contribution in [2.75, 3.05) is 20.1 Å². The Labute approximate surface area is 95.4 Å². The second-order valence-corrected chi connectivity index (χ2v) is 5.15. The summed E-state index contributed by atoms with van der Waals surface area (Å²) in [5, 5.41) is 3.65. The Bertz CT molecular complexity index is 162. The van der Waals surface area contributed by atoms with Crippen LogP contribution in [0.5, 0.6) is 0 Å². The Kier molecular flexibility index (Phi) is 5.62. The van der Waals surface area contributed by atoms with E-state index in [-0.39, 0.29) is 0 Å². The van der Waals surface area contributed by atoms with Gasteiger partial charge in [-0.15, -0.1) is 0 Å². The standard InChI is InChI=1S/C13H28N2/c1-5-13(6-2)14-9-11(3)15(4)10-12-7-8-12/h11-14H,5-10H2,1-4H3. The number of nitrogens with zero attached hydrogens (tertiary/aromatic N) is 1. The lowest BCUT2D eigenvalue weighted by Gasteiger charge is -2.27. The molecular formula is C13H28N2. The fourth-order valence-corrected chi connectivity index (χ4v) is 1.96. The fraction of sp³-hybridized carbons (Fsp3) is 1.00. The van der Waals surface area contributed by atoms with Crippen LogP contribution in [0.1, 0.15) is 46.5 Å². The zero-order chi connectivity index (χ0) is 11.3. The van der Waals surface area contributed by atoms with Gasteiger partial charge in [0, 0.05) is 25.2 Å². The van der Waals surface area contributed by atoms with Gasteiger partial charge in [-0.25, -0.2) is 0 Å². The molecule has 2 heteroatoms. The normalized spacial score (nSPS) is 18.8. The first kappa shape index (κ1) is 13.0. The molecule has 15 heavy (non-hydrogen) atoms. The van der Waals surface area contributed by atoms with Crippen LogP contribution in [-0.4, -0.2) is 37.1 Å². The van der Waals surface area contributed by atoms with Crippen LogP contribution in [0.3, 0.4) is 0 Å². The second kappa shape index (κ2) is 6.49. The van der Waals surface area contributed by atoms with Gasteiger partial charge < -0.3 is 10.2 Å². The predicted molar refractivity (Wildman–Crippen MR) is 67.2 cm³/mol. The highest BCUT2D eigenvalue weighted by Gasteiger charge is 2.24. The third kappa shape index (κ3) is 4.98. The van der Waals surface area contributed by atoms with E-state index in [0.29, 0.717) is 12.1 Å². The van der Waals surface area contributed by atoms with Gasteiger partial charge in [0.1, 0.15) is 0 Å². The second-order valence-electron chi connectivity index (χ2n) is 5.15. The summed E-state index contributed by atoms with van der Waals surface area (Å²) in [6.45, 7) is 9.29. The van der Waals surface area contributed by atoms with Gasteiger partial charge >= 0.3 is 0 Å². The van der Waals surface area contributed by atoms with Crippen molar-refractivity contribution in [1.82, 2.24) is 10.2 Å². The molecule has 1 aliphatic carbocycles. The van der Waals surface area contributed by atoms with Crippen LogP contribution in [0.2, 0.25) is 0 Å². The Morgan fingerprint density at radius 2 is 1.87 bits per heavy atom. The molecular weight excluding hydrogens is 184 g/mol. The van der Waals surface area contributed by atoms with Crippen molar-refractivity contribution in [3.8, 4) is 0 Å². The van der Waals surface area contributed by atoms with E-state index in [1.807, 2.05) is 0 Å². The molecule has 1 aliphatic rings. The zero-order valence-corrected chi connectivity index (χ0v) is 10.9. The summed E-state index contributed by atoms with van der Waals surface area (Å²) < 4.78 is 0. The first-order valence-corrected chi connectivity index (χ1v) is 6.60.